The Bertz CT molecular complexity index is 198. The van der Waals surface area contributed by atoms with Crippen LogP contribution < -0.4 is 10.6 Å². The van der Waals surface area contributed by atoms with E-state index in [1.54, 1.807) is 7.11 Å². The fraction of sp³-hybridized carbons (Fsp3) is 1.00. The van der Waals surface area contributed by atoms with Crippen LogP contribution in [-0.2, 0) is 4.74 Å². The van der Waals surface area contributed by atoms with Crippen LogP contribution in [0, 0.1) is 17.8 Å². The van der Waals surface area contributed by atoms with Gasteiger partial charge in [0.1, 0.15) is 0 Å². The van der Waals surface area contributed by atoms with E-state index in [1.165, 1.54) is 38.6 Å². The topological polar surface area (TPSA) is 33.3 Å². The van der Waals surface area contributed by atoms with Crippen LogP contribution in [0.15, 0.2) is 0 Å². The summed E-state index contributed by atoms with van der Waals surface area (Å²) in [4.78, 5) is 0. The average molecular weight is 240 g/mol. The standard InChI is InChI=1S/C14H28N2O/c1-17-10-9-15-7-4-8-16-11-14-12-5-2-3-6-13(12)14/h12-16H,2-11H2,1H3. The normalized spacial score (nSPS) is 31.2. The molecule has 2 fully saturated rings. The van der Waals surface area contributed by atoms with Crippen LogP contribution >= 0.6 is 0 Å². The molecule has 0 saturated heterocycles. The molecule has 2 aliphatic rings. The van der Waals surface area contributed by atoms with Crippen molar-refractivity contribution in [2.24, 2.45) is 17.8 Å². The van der Waals surface area contributed by atoms with E-state index in [0.717, 1.165) is 44.0 Å². The molecular formula is C14H28N2O. The van der Waals surface area contributed by atoms with Gasteiger partial charge >= 0.3 is 0 Å². The molecule has 2 rings (SSSR count). The van der Waals surface area contributed by atoms with Crippen molar-refractivity contribution >= 4 is 0 Å². The average Bonchev–Trinajstić information content (AvgIpc) is 3.06. The summed E-state index contributed by atoms with van der Waals surface area (Å²) in [6.07, 6.45) is 7.22. The first-order valence-corrected chi connectivity index (χ1v) is 7.34. The van der Waals surface area contributed by atoms with Gasteiger partial charge in [0, 0.05) is 13.7 Å². The van der Waals surface area contributed by atoms with Gasteiger partial charge in [-0.05, 0) is 56.7 Å². The first-order chi connectivity index (χ1) is 8.43. The van der Waals surface area contributed by atoms with Gasteiger partial charge in [-0.3, -0.25) is 0 Å². The molecule has 2 unspecified atom stereocenters. The molecule has 3 nitrogen and oxygen atoms in total. The molecule has 2 aliphatic carbocycles. The maximum atomic E-state index is 4.99. The number of rotatable bonds is 9. The summed E-state index contributed by atoms with van der Waals surface area (Å²) in [5.74, 6) is 3.21. The Hall–Kier alpha value is -0.120. The molecule has 0 aromatic heterocycles. The molecule has 0 radical (unpaired) electrons. The summed E-state index contributed by atoms with van der Waals surface area (Å²) in [5, 5.41) is 7.00. The molecule has 0 amide bonds. The quantitative estimate of drug-likeness (QED) is 0.601. The van der Waals surface area contributed by atoms with Crippen LogP contribution in [0.2, 0.25) is 0 Å². The number of hydrogen-bond donors (Lipinski definition) is 2. The summed E-state index contributed by atoms with van der Waals surface area (Å²) in [6.45, 7) is 5.33. The molecule has 2 saturated carbocycles. The number of hydrogen-bond acceptors (Lipinski definition) is 3. The Kier molecular flexibility index (Phi) is 5.75. The SMILES string of the molecule is COCCNCCCNCC1C2CCCCC21. The lowest BCUT2D eigenvalue weighted by molar-refractivity contribution is 0.199. The van der Waals surface area contributed by atoms with Crippen LogP contribution in [-0.4, -0.2) is 39.9 Å². The van der Waals surface area contributed by atoms with E-state index in [9.17, 15) is 0 Å². The van der Waals surface area contributed by atoms with Gasteiger partial charge in [0.15, 0.2) is 0 Å². The first-order valence-electron chi connectivity index (χ1n) is 7.34. The second kappa shape index (κ2) is 7.34. The monoisotopic (exact) mass is 240 g/mol. The molecular weight excluding hydrogens is 212 g/mol. The maximum absolute atomic E-state index is 4.99. The second-order valence-electron chi connectivity index (χ2n) is 5.58. The van der Waals surface area contributed by atoms with Gasteiger partial charge in [0.2, 0.25) is 0 Å². The zero-order valence-electron chi connectivity index (χ0n) is 11.2. The Morgan fingerprint density at radius 2 is 1.71 bits per heavy atom. The van der Waals surface area contributed by atoms with Crippen LogP contribution in [0.25, 0.3) is 0 Å². The Balaban J connectivity index is 1.37. The van der Waals surface area contributed by atoms with Crippen LogP contribution in [0.3, 0.4) is 0 Å². The fourth-order valence-electron chi connectivity index (χ4n) is 3.35. The molecule has 0 aliphatic heterocycles. The highest BCUT2D eigenvalue weighted by Crippen LogP contribution is 2.54. The van der Waals surface area contributed by atoms with E-state index in [4.69, 9.17) is 4.74 Å². The summed E-state index contributed by atoms with van der Waals surface area (Å²) >= 11 is 0. The summed E-state index contributed by atoms with van der Waals surface area (Å²) in [7, 11) is 1.75. The minimum absolute atomic E-state index is 0.818. The van der Waals surface area contributed by atoms with E-state index in [0.29, 0.717) is 0 Å². The highest BCUT2D eigenvalue weighted by Gasteiger charge is 2.49. The molecule has 0 bridgehead atoms. The maximum Gasteiger partial charge on any atom is 0.0587 e. The number of fused-ring (bicyclic) bond motifs is 1. The van der Waals surface area contributed by atoms with Crippen molar-refractivity contribution in [1.82, 2.24) is 10.6 Å². The minimum Gasteiger partial charge on any atom is -0.383 e. The summed E-state index contributed by atoms with van der Waals surface area (Å²) in [5.41, 5.74) is 0. The first kappa shape index (κ1) is 13.3. The van der Waals surface area contributed by atoms with Crippen LogP contribution in [0.1, 0.15) is 32.1 Å². The highest BCUT2D eigenvalue weighted by atomic mass is 16.5. The Labute approximate surface area is 106 Å². The molecule has 17 heavy (non-hydrogen) atoms. The van der Waals surface area contributed by atoms with Gasteiger partial charge in [-0.2, -0.15) is 0 Å². The van der Waals surface area contributed by atoms with E-state index in [1.807, 2.05) is 0 Å². The van der Waals surface area contributed by atoms with Crippen molar-refractivity contribution in [3.63, 3.8) is 0 Å². The lowest BCUT2D eigenvalue weighted by atomic mass is 10.0. The van der Waals surface area contributed by atoms with Crippen LogP contribution in [0.4, 0.5) is 0 Å². The molecule has 2 N–H and O–H groups in total. The number of methoxy groups -OCH3 is 1. The third-order valence-corrected chi connectivity index (χ3v) is 4.40. The zero-order chi connectivity index (χ0) is 11.9. The number of nitrogens with one attached hydrogen (secondary N) is 2. The van der Waals surface area contributed by atoms with E-state index in [-0.39, 0.29) is 0 Å². The highest BCUT2D eigenvalue weighted by molar-refractivity contribution is 4.99. The lowest BCUT2D eigenvalue weighted by Gasteiger charge is -2.05. The lowest BCUT2D eigenvalue weighted by Crippen LogP contribution is -2.25. The molecule has 3 heteroatoms. The zero-order valence-corrected chi connectivity index (χ0v) is 11.2. The molecule has 0 spiro atoms. The van der Waals surface area contributed by atoms with Crippen molar-refractivity contribution in [3.05, 3.63) is 0 Å². The van der Waals surface area contributed by atoms with E-state index < -0.39 is 0 Å². The van der Waals surface area contributed by atoms with Gasteiger partial charge < -0.3 is 15.4 Å². The summed E-state index contributed by atoms with van der Waals surface area (Å²) < 4.78 is 4.99. The van der Waals surface area contributed by atoms with Gasteiger partial charge in [-0.15, -0.1) is 0 Å². The predicted molar refractivity (Wildman–Crippen MR) is 71.2 cm³/mol. The third-order valence-electron chi connectivity index (χ3n) is 4.40. The Morgan fingerprint density at radius 1 is 1.00 bits per heavy atom. The molecule has 100 valence electrons. The van der Waals surface area contributed by atoms with Crippen molar-refractivity contribution in [2.75, 3.05) is 39.9 Å². The van der Waals surface area contributed by atoms with E-state index in [2.05, 4.69) is 10.6 Å². The van der Waals surface area contributed by atoms with Gasteiger partial charge in [-0.1, -0.05) is 12.8 Å². The summed E-state index contributed by atoms with van der Waals surface area (Å²) in [6, 6.07) is 0. The largest absolute Gasteiger partial charge is 0.383 e. The van der Waals surface area contributed by atoms with Crippen molar-refractivity contribution < 1.29 is 4.74 Å². The van der Waals surface area contributed by atoms with Crippen LogP contribution in [0.5, 0.6) is 0 Å². The van der Waals surface area contributed by atoms with Crippen molar-refractivity contribution in [3.8, 4) is 0 Å². The van der Waals surface area contributed by atoms with Gasteiger partial charge in [0.25, 0.3) is 0 Å². The smallest absolute Gasteiger partial charge is 0.0587 e. The predicted octanol–water partition coefficient (Wildman–Crippen LogP) is 1.64. The number of ether oxygens (including phenoxy) is 1. The molecule has 0 aromatic rings. The van der Waals surface area contributed by atoms with Gasteiger partial charge in [0.05, 0.1) is 6.61 Å². The Morgan fingerprint density at radius 3 is 2.41 bits per heavy atom. The molecule has 0 heterocycles. The van der Waals surface area contributed by atoms with E-state index >= 15 is 0 Å². The third kappa shape index (κ3) is 4.23. The fourth-order valence-corrected chi connectivity index (χ4v) is 3.35. The second-order valence-corrected chi connectivity index (χ2v) is 5.58. The minimum atomic E-state index is 0.818. The molecule has 2 atom stereocenters. The van der Waals surface area contributed by atoms with Gasteiger partial charge in [-0.25, -0.2) is 0 Å². The van der Waals surface area contributed by atoms with Crippen molar-refractivity contribution in [2.45, 2.75) is 32.1 Å². The van der Waals surface area contributed by atoms with Crippen molar-refractivity contribution in [1.29, 1.82) is 0 Å². The molecule has 0 aromatic carbocycles.